The molecule has 33 heavy (non-hydrogen) atoms. The van der Waals surface area contributed by atoms with Crippen LogP contribution >= 0.6 is 11.8 Å². The van der Waals surface area contributed by atoms with E-state index in [0.717, 1.165) is 19.4 Å². The summed E-state index contributed by atoms with van der Waals surface area (Å²) in [5, 5.41) is 9.85. The van der Waals surface area contributed by atoms with Crippen LogP contribution < -0.4 is 10.3 Å². The largest absolute Gasteiger partial charge is 0.497 e. The fourth-order valence-corrected chi connectivity index (χ4v) is 5.26. The molecule has 9 heteroatoms. The second-order valence-corrected chi connectivity index (χ2v) is 9.14. The molecule has 2 aromatic carbocycles. The number of hydrogen-bond acceptors (Lipinski definition) is 6. The van der Waals surface area contributed by atoms with Gasteiger partial charge in [0, 0.05) is 18.7 Å². The highest BCUT2D eigenvalue weighted by Crippen LogP contribution is 2.25. The van der Waals surface area contributed by atoms with Gasteiger partial charge in [0.1, 0.15) is 5.75 Å². The van der Waals surface area contributed by atoms with Crippen molar-refractivity contribution in [2.45, 2.75) is 37.4 Å². The topological polar surface area (TPSA) is 81.7 Å². The molecule has 1 aliphatic rings. The lowest BCUT2D eigenvalue weighted by Gasteiger charge is -2.33. The third-order valence-electron chi connectivity index (χ3n) is 6.15. The van der Waals surface area contributed by atoms with Crippen LogP contribution in [0.2, 0.25) is 0 Å². The number of likely N-dealkylation sites (tertiary alicyclic amines) is 1. The number of amides is 1. The molecule has 1 fully saturated rings. The highest BCUT2D eigenvalue weighted by atomic mass is 32.2. The normalized spacial score (nSPS) is 16.4. The predicted octanol–water partition coefficient (Wildman–Crippen LogP) is 3.54. The summed E-state index contributed by atoms with van der Waals surface area (Å²) < 4.78 is 8.74. The summed E-state index contributed by atoms with van der Waals surface area (Å²) in [7, 11) is 1.59. The van der Waals surface area contributed by atoms with Crippen molar-refractivity contribution in [2.24, 2.45) is 0 Å². The van der Waals surface area contributed by atoms with Crippen LogP contribution in [0.1, 0.15) is 26.2 Å². The van der Waals surface area contributed by atoms with Gasteiger partial charge in [-0.2, -0.15) is 0 Å². The first-order chi connectivity index (χ1) is 16.1. The van der Waals surface area contributed by atoms with E-state index >= 15 is 0 Å². The summed E-state index contributed by atoms with van der Waals surface area (Å²) in [4.78, 5) is 28.3. The molecule has 0 aliphatic carbocycles. The number of fused-ring (bicyclic) bond motifs is 3. The molecule has 0 radical (unpaired) electrons. The van der Waals surface area contributed by atoms with Gasteiger partial charge in [0.2, 0.25) is 11.7 Å². The minimum atomic E-state index is -0.187. The van der Waals surface area contributed by atoms with Crippen molar-refractivity contribution in [3.05, 3.63) is 58.9 Å². The number of carbonyl (C=O) groups is 1. The third kappa shape index (κ3) is 3.86. The number of thioether (sulfide) groups is 1. The highest BCUT2D eigenvalue weighted by Gasteiger charge is 2.24. The smallest absolute Gasteiger partial charge is 0.267 e. The Bertz CT molecular complexity index is 1400. The lowest BCUT2D eigenvalue weighted by Crippen LogP contribution is -2.42. The van der Waals surface area contributed by atoms with Crippen molar-refractivity contribution in [2.75, 3.05) is 19.4 Å². The van der Waals surface area contributed by atoms with Crippen molar-refractivity contribution in [3.8, 4) is 11.4 Å². The van der Waals surface area contributed by atoms with Crippen molar-refractivity contribution in [3.63, 3.8) is 0 Å². The molecule has 8 nitrogen and oxygen atoms in total. The Balaban J connectivity index is 1.60. The average molecular weight is 464 g/mol. The summed E-state index contributed by atoms with van der Waals surface area (Å²) in [6.07, 6.45) is 3.26. The van der Waals surface area contributed by atoms with E-state index in [1.54, 1.807) is 19.2 Å². The third-order valence-corrected chi connectivity index (χ3v) is 7.07. The number of para-hydroxylation sites is 1. The molecule has 5 rings (SSSR count). The standard InChI is InChI=1S/C24H25N5O3S/c1-16-8-5-6-13-27(16)21(30)15-33-24-26-25-23-28(17-9-7-10-18(14-17)32-2)22(31)19-11-3-4-12-20(19)29(23)24/h3-4,7,9-12,14,16H,5-6,8,13,15H2,1-2H3. The molecule has 3 heterocycles. The van der Waals surface area contributed by atoms with E-state index in [0.29, 0.717) is 33.3 Å². The Morgan fingerprint density at radius 1 is 1.15 bits per heavy atom. The maximum Gasteiger partial charge on any atom is 0.267 e. The van der Waals surface area contributed by atoms with E-state index in [4.69, 9.17) is 4.74 Å². The molecule has 1 atom stereocenters. The Labute approximate surface area is 195 Å². The van der Waals surface area contributed by atoms with E-state index in [1.165, 1.54) is 22.7 Å². The molecule has 1 saturated heterocycles. The number of benzene rings is 2. The van der Waals surface area contributed by atoms with Gasteiger partial charge in [-0.3, -0.25) is 14.0 Å². The molecule has 170 valence electrons. The van der Waals surface area contributed by atoms with Gasteiger partial charge in [-0.1, -0.05) is 30.0 Å². The van der Waals surface area contributed by atoms with Gasteiger partial charge in [0.25, 0.3) is 5.56 Å². The second kappa shape index (κ2) is 8.90. The zero-order valence-electron chi connectivity index (χ0n) is 18.6. The number of ether oxygens (including phenoxy) is 1. The number of hydrogen-bond donors (Lipinski definition) is 0. The van der Waals surface area contributed by atoms with E-state index in [1.807, 2.05) is 45.7 Å². The Kier molecular flexibility index (Phi) is 5.80. The van der Waals surface area contributed by atoms with Gasteiger partial charge in [0.15, 0.2) is 5.16 Å². The number of piperidine rings is 1. The van der Waals surface area contributed by atoms with Crippen molar-refractivity contribution < 1.29 is 9.53 Å². The van der Waals surface area contributed by atoms with E-state index in [9.17, 15) is 9.59 Å². The summed E-state index contributed by atoms with van der Waals surface area (Å²) in [6.45, 7) is 2.91. The van der Waals surface area contributed by atoms with Gasteiger partial charge < -0.3 is 9.64 Å². The van der Waals surface area contributed by atoms with Crippen LogP contribution in [0.4, 0.5) is 0 Å². The van der Waals surface area contributed by atoms with Crippen molar-refractivity contribution >= 4 is 34.3 Å². The minimum Gasteiger partial charge on any atom is -0.497 e. The van der Waals surface area contributed by atoms with E-state index < -0.39 is 0 Å². The van der Waals surface area contributed by atoms with E-state index in [-0.39, 0.29) is 23.3 Å². The van der Waals surface area contributed by atoms with Crippen molar-refractivity contribution in [1.82, 2.24) is 24.1 Å². The summed E-state index contributed by atoms with van der Waals surface area (Å²) >= 11 is 1.35. The van der Waals surface area contributed by atoms with E-state index in [2.05, 4.69) is 17.1 Å². The lowest BCUT2D eigenvalue weighted by molar-refractivity contribution is -0.131. The fourth-order valence-electron chi connectivity index (χ4n) is 4.43. The molecule has 0 spiro atoms. The van der Waals surface area contributed by atoms with Crippen molar-refractivity contribution in [1.29, 1.82) is 0 Å². The van der Waals surface area contributed by atoms with Crippen LogP contribution in [-0.2, 0) is 4.79 Å². The molecule has 0 saturated carbocycles. The molecule has 1 aliphatic heterocycles. The number of rotatable bonds is 5. The van der Waals surface area contributed by atoms with Crippen LogP contribution in [0.3, 0.4) is 0 Å². The number of methoxy groups -OCH3 is 1. The first kappa shape index (κ1) is 21.5. The van der Waals surface area contributed by atoms with Gasteiger partial charge in [-0.05, 0) is 50.5 Å². The van der Waals surface area contributed by atoms with Crippen LogP contribution in [-0.4, -0.2) is 55.4 Å². The Morgan fingerprint density at radius 3 is 2.82 bits per heavy atom. The highest BCUT2D eigenvalue weighted by molar-refractivity contribution is 7.99. The number of carbonyl (C=O) groups excluding carboxylic acids is 1. The molecular formula is C24H25N5O3S. The number of nitrogens with zero attached hydrogens (tertiary/aromatic N) is 5. The SMILES string of the molecule is COc1cccc(-n2c(=O)c3ccccc3n3c(SCC(=O)N4CCCCC4C)nnc23)c1. The zero-order valence-corrected chi connectivity index (χ0v) is 19.4. The molecule has 0 N–H and O–H groups in total. The Morgan fingerprint density at radius 2 is 2.00 bits per heavy atom. The zero-order chi connectivity index (χ0) is 22.9. The van der Waals surface area contributed by atoms with Gasteiger partial charge >= 0.3 is 0 Å². The van der Waals surface area contributed by atoms with Crippen LogP contribution in [0, 0.1) is 0 Å². The van der Waals surface area contributed by atoms with Gasteiger partial charge in [-0.25, -0.2) is 4.57 Å². The quantitative estimate of drug-likeness (QED) is 0.421. The van der Waals surface area contributed by atoms with Crippen LogP contribution in [0.15, 0.2) is 58.5 Å². The van der Waals surface area contributed by atoms with Gasteiger partial charge in [0.05, 0.1) is 29.5 Å². The maximum atomic E-state index is 13.4. The summed E-state index contributed by atoms with van der Waals surface area (Å²) in [6, 6.07) is 14.9. The first-order valence-corrected chi connectivity index (χ1v) is 12.0. The Hall–Kier alpha value is -3.33. The maximum absolute atomic E-state index is 13.4. The molecule has 0 bridgehead atoms. The van der Waals surface area contributed by atoms with Crippen LogP contribution in [0.25, 0.3) is 22.4 Å². The lowest BCUT2D eigenvalue weighted by atomic mass is 10.0. The average Bonchev–Trinajstić information content (AvgIpc) is 3.27. The fraction of sp³-hybridized carbons (Fsp3) is 0.333. The van der Waals surface area contributed by atoms with Crippen LogP contribution in [0.5, 0.6) is 5.75 Å². The molecule has 4 aromatic rings. The monoisotopic (exact) mass is 463 g/mol. The van der Waals surface area contributed by atoms with Gasteiger partial charge in [-0.15, -0.1) is 10.2 Å². The number of aromatic nitrogens is 4. The molecule has 1 amide bonds. The summed E-state index contributed by atoms with van der Waals surface area (Å²) in [5.74, 6) is 1.42. The minimum absolute atomic E-state index is 0.106. The molecular weight excluding hydrogens is 438 g/mol. The molecule has 1 unspecified atom stereocenters. The second-order valence-electron chi connectivity index (χ2n) is 8.20. The first-order valence-electron chi connectivity index (χ1n) is 11.0. The summed E-state index contributed by atoms with van der Waals surface area (Å²) in [5.41, 5.74) is 1.16. The molecule has 2 aromatic heterocycles. The predicted molar refractivity (Wildman–Crippen MR) is 128 cm³/mol.